The summed E-state index contributed by atoms with van der Waals surface area (Å²) in [5.41, 5.74) is 2.93. The Labute approximate surface area is 115 Å². The van der Waals surface area contributed by atoms with E-state index in [1.54, 1.807) is 7.11 Å². The van der Waals surface area contributed by atoms with Crippen molar-refractivity contribution in [1.29, 1.82) is 0 Å². The van der Waals surface area contributed by atoms with Crippen molar-refractivity contribution in [3.8, 4) is 5.75 Å². The van der Waals surface area contributed by atoms with E-state index in [9.17, 15) is 0 Å². The first-order chi connectivity index (χ1) is 9.36. The molecular formula is C16H24N2O. The zero-order valence-electron chi connectivity index (χ0n) is 11.8. The van der Waals surface area contributed by atoms with Crippen LogP contribution in [0.15, 0.2) is 18.2 Å². The van der Waals surface area contributed by atoms with Crippen molar-refractivity contribution < 1.29 is 4.74 Å². The minimum Gasteiger partial charge on any atom is -0.497 e. The summed E-state index contributed by atoms with van der Waals surface area (Å²) >= 11 is 0. The van der Waals surface area contributed by atoms with Crippen LogP contribution in [0.5, 0.6) is 5.75 Å². The highest BCUT2D eigenvalue weighted by molar-refractivity contribution is 5.39. The Bertz CT molecular complexity index is 427. The van der Waals surface area contributed by atoms with Crippen LogP contribution in [0.1, 0.15) is 36.4 Å². The van der Waals surface area contributed by atoms with Crippen LogP contribution in [-0.2, 0) is 6.42 Å². The molecule has 0 amide bonds. The predicted molar refractivity (Wildman–Crippen MR) is 77.7 cm³/mol. The summed E-state index contributed by atoms with van der Waals surface area (Å²) in [6.07, 6.45) is 5.25. The smallest absolute Gasteiger partial charge is 0.119 e. The lowest BCUT2D eigenvalue weighted by Gasteiger charge is -2.34. The average molecular weight is 260 g/mol. The first kappa shape index (κ1) is 12.9. The minimum absolute atomic E-state index is 0.493. The summed E-state index contributed by atoms with van der Waals surface area (Å²) in [5.74, 6) is 0.984. The van der Waals surface area contributed by atoms with E-state index in [-0.39, 0.29) is 0 Å². The topological polar surface area (TPSA) is 24.5 Å². The summed E-state index contributed by atoms with van der Waals surface area (Å²) in [6.45, 7) is 4.77. The fraction of sp³-hybridized carbons (Fsp3) is 0.625. The summed E-state index contributed by atoms with van der Waals surface area (Å²) in [6, 6.07) is 7.04. The number of nitrogens with zero attached hydrogens (tertiary/aromatic N) is 1. The summed E-state index contributed by atoms with van der Waals surface area (Å²) < 4.78 is 5.33. The highest BCUT2D eigenvalue weighted by atomic mass is 16.5. The van der Waals surface area contributed by atoms with Gasteiger partial charge in [-0.25, -0.2) is 0 Å². The van der Waals surface area contributed by atoms with Gasteiger partial charge in [-0.3, -0.25) is 0 Å². The Morgan fingerprint density at radius 1 is 1.26 bits per heavy atom. The zero-order chi connectivity index (χ0) is 13.1. The van der Waals surface area contributed by atoms with Gasteiger partial charge < -0.3 is 15.0 Å². The van der Waals surface area contributed by atoms with Crippen LogP contribution in [0.25, 0.3) is 0 Å². The van der Waals surface area contributed by atoms with Gasteiger partial charge in [0.25, 0.3) is 0 Å². The largest absolute Gasteiger partial charge is 0.497 e. The lowest BCUT2D eigenvalue weighted by atomic mass is 9.93. The molecule has 19 heavy (non-hydrogen) atoms. The van der Waals surface area contributed by atoms with Crippen LogP contribution in [0.2, 0.25) is 0 Å². The monoisotopic (exact) mass is 260 g/mol. The standard InChI is InChI=1S/C16H24N2O/c1-19-14-5-6-15-13(11-14)7-8-17-16(15)12-18-9-3-2-4-10-18/h5-6,11,16-17H,2-4,7-10,12H2,1H3/t16-/m0/s1. The van der Waals surface area contributed by atoms with E-state index in [0.29, 0.717) is 6.04 Å². The van der Waals surface area contributed by atoms with E-state index in [1.165, 1.54) is 43.5 Å². The maximum Gasteiger partial charge on any atom is 0.119 e. The highest BCUT2D eigenvalue weighted by Crippen LogP contribution is 2.27. The van der Waals surface area contributed by atoms with Gasteiger partial charge >= 0.3 is 0 Å². The highest BCUT2D eigenvalue weighted by Gasteiger charge is 2.23. The molecule has 2 aliphatic heterocycles. The molecule has 2 heterocycles. The lowest BCUT2D eigenvalue weighted by molar-refractivity contribution is 0.203. The number of methoxy groups -OCH3 is 1. The van der Waals surface area contributed by atoms with E-state index < -0.39 is 0 Å². The van der Waals surface area contributed by atoms with Gasteiger partial charge in [0.05, 0.1) is 7.11 Å². The van der Waals surface area contributed by atoms with Crippen LogP contribution < -0.4 is 10.1 Å². The molecule has 0 aromatic heterocycles. The fourth-order valence-electron chi connectivity index (χ4n) is 3.32. The van der Waals surface area contributed by atoms with Crippen molar-refractivity contribution >= 4 is 0 Å². The molecule has 1 aromatic carbocycles. The predicted octanol–water partition coefficient (Wildman–Crippen LogP) is 2.37. The first-order valence-electron chi connectivity index (χ1n) is 7.49. The Hall–Kier alpha value is -1.06. The Morgan fingerprint density at radius 2 is 2.11 bits per heavy atom. The molecule has 3 heteroatoms. The number of piperidine rings is 1. The lowest BCUT2D eigenvalue weighted by Crippen LogP contribution is -2.41. The molecule has 1 N–H and O–H groups in total. The number of nitrogens with one attached hydrogen (secondary N) is 1. The van der Waals surface area contributed by atoms with E-state index in [2.05, 4.69) is 28.4 Å². The summed E-state index contributed by atoms with van der Waals surface area (Å²) in [4.78, 5) is 2.61. The van der Waals surface area contributed by atoms with E-state index in [1.807, 2.05) is 0 Å². The van der Waals surface area contributed by atoms with Crippen molar-refractivity contribution in [2.75, 3.05) is 33.3 Å². The number of hydrogen-bond acceptors (Lipinski definition) is 3. The molecule has 1 aromatic rings. The van der Waals surface area contributed by atoms with Crippen LogP contribution >= 0.6 is 0 Å². The molecule has 2 aliphatic rings. The van der Waals surface area contributed by atoms with Crippen LogP contribution in [0.4, 0.5) is 0 Å². The van der Waals surface area contributed by atoms with E-state index in [0.717, 1.165) is 25.3 Å². The number of ether oxygens (including phenoxy) is 1. The maximum atomic E-state index is 5.33. The van der Waals surface area contributed by atoms with Gasteiger partial charge in [0.15, 0.2) is 0 Å². The van der Waals surface area contributed by atoms with Crippen molar-refractivity contribution in [2.45, 2.75) is 31.7 Å². The molecule has 0 radical (unpaired) electrons. The molecule has 1 atom stereocenters. The SMILES string of the molecule is COc1ccc2c(c1)CCN[C@H]2CN1CCCCC1. The van der Waals surface area contributed by atoms with Crippen molar-refractivity contribution in [3.63, 3.8) is 0 Å². The minimum atomic E-state index is 0.493. The van der Waals surface area contributed by atoms with Crippen molar-refractivity contribution in [3.05, 3.63) is 29.3 Å². The Kier molecular flexibility index (Phi) is 4.04. The molecule has 104 valence electrons. The number of fused-ring (bicyclic) bond motifs is 1. The van der Waals surface area contributed by atoms with Gasteiger partial charge in [-0.05, 0) is 62.2 Å². The molecule has 0 unspecified atom stereocenters. The number of benzene rings is 1. The molecule has 3 rings (SSSR count). The second-order valence-electron chi connectivity index (χ2n) is 5.68. The number of rotatable bonds is 3. The molecule has 0 bridgehead atoms. The van der Waals surface area contributed by atoms with Gasteiger partial charge in [-0.1, -0.05) is 12.5 Å². The molecule has 0 spiro atoms. The Morgan fingerprint density at radius 3 is 2.89 bits per heavy atom. The van der Waals surface area contributed by atoms with E-state index >= 15 is 0 Å². The van der Waals surface area contributed by atoms with Crippen molar-refractivity contribution in [1.82, 2.24) is 10.2 Å². The molecule has 1 fully saturated rings. The van der Waals surface area contributed by atoms with Crippen molar-refractivity contribution in [2.24, 2.45) is 0 Å². The zero-order valence-corrected chi connectivity index (χ0v) is 11.8. The van der Waals surface area contributed by atoms with Gasteiger partial charge in [-0.2, -0.15) is 0 Å². The number of hydrogen-bond donors (Lipinski definition) is 1. The van der Waals surface area contributed by atoms with Crippen LogP contribution in [0, 0.1) is 0 Å². The third kappa shape index (κ3) is 2.93. The Balaban J connectivity index is 1.74. The second-order valence-corrected chi connectivity index (χ2v) is 5.68. The van der Waals surface area contributed by atoms with Gasteiger partial charge in [0.1, 0.15) is 5.75 Å². The number of likely N-dealkylation sites (tertiary alicyclic amines) is 1. The molecule has 0 saturated carbocycles. The van der Waals surface area contributed by atoms with Gasteiger partial charge in [0, 0.05) is 12.6 Å². The average Bonchev–Trinajstić information content (AvgIpc) is 2.48. The maximum absolute atomic E-state index is 5.33. The second kappa shape index (κ2) is 5.93. The van der Waals surface area contributed by atoms with Crippen LogP contribution in [0.3, 0.4) is 0 Å². The third-order valence-corrected chi connectivity index (χ3v) is 4.40. The van der Waals surface area contributed by atoms with E-state index in [4.69, 9.17) is 4.74 Å². The first-order valence-corrected chi connectivity index (χ1v) is 7.49. The van der Waals surface area contributed by atoms with Gasteiger partial charge in [0.2, 0.25) is 0 Å². The molecule has 0 aliphatic carbocycles. The molecule has 3 nitrogen and oxygen atoms in total. The fourth-order valence-corrected chi connectivity index (χ4v) is 3.32. The molecule has 1 saturated heterocycles. The van der Waals surface area contributed by atoms with Crippen LogP contribution in [-0.4, -0.2) is 38.2 Å². The summed E-state index contributed by atoms with van der Waals surface area (Å²) in [5, 5.41) is 3.68. The quantitative estimate of drug-likeness (QED) is 0.903. The molecular weight excluding hydrogens is 236 g/mol. The summed E-state index contributed by atoms with van der Waals surface area (Å²) in [7, 11) is 1.74. The normalized spacial score (nSPS) is 23.9. The van der Waals surface area contributed by atoms with Gasteiger partial charge in [-0.15, -0.1) is 0 Å². The third-order valence-electron chi connectivity index (χ3n) is 4.40.